The van der Waals surface area contributed by atoms with Crippen molar-refractivity contribution in [1.29, 1.82) is 0 Å². The van der Waals surface area contributed by atoms with Crippen molar-refractivity contribution in [1.82, 2.24) is 10.2 Å². The number of carbonyl (C=O) groups is 1. The lowest BCUT2D eigenvalue weighted by molar-refractivity contribution is -0.149. The zero-order valence-electron chi connectivity index (χ0n) is 14.9. The first kappa shape index (κ1) is 19.7. The summed E-state index contributed by atoms with van der Waals surface area (Å²) in [6.07, 6.45) is -1.16. The van der Waals surface area contributed by atoms with Gasteiger partial charge in [-0.1, -0.05) is 18.2 Å². The maximum atomic E-state index is 13.0. The molecule has 3 rings (SSSR count). The largest absolute Gasteiger partial charge is 0.453 e. The van der Waals surface area contributed by atoms with Crippen molar-refractivity contribution >= 4 is 15.8 Å². The Morgan fingerprint density at radius 1 is 1.11 bits per heavy atom. The van der Waals surface area contributed by atoms with Gasteiger partial charge in [0, 0.05) is 5.56 Å². The molecule has 0 amide bonds. The fourth-order valence-electron chi connectivity index (χ4n) is 2.38. The molecule has 0 spiro atoms. The highest BCUT2D eigenvalue weighted by atomic mass is 32.2. The van der Waals surface area contributed by atoms with E-state index in [9.17, 15) is 17.6 Å². The molecule has 0 radical (unpaired) electrons. The molecule has 0 saturated heterocycles. The lowest BCUT2D eigenvalue weighted by atomic mass is 10.2. The van der Waals surface area contributed by atoms with Crippen molar-refractivity contribution in [3.63, 3.8) is 0 Å². The van der Waals surface area contributed by atoms with Crippen LogP contribution in [-0.4, -0.2) is 30.3 Å². The summed E-state index contributed by atoms with van der Waals surface area (Å²) in [5.74, 6) is -1.25. The highest BCUT2D eigenvalue weighted by Crippen LogP contribution is 2.23. The number of carbonyl (C=O) groups excluding carboxylic acids is 1. The predicted octanol–water partition coefficient (Wildman–Crippen LogP) is 3.34. The number of hydrogen-bond donors (Lipinski definition) is 0. The first-order chi connectivity index (χ1) is 13.3. The van der Waals surface area contributed by atoms with Gasteiger partial charge in [0.05, 0.1) is 17.1 Å². The molecule has 7 nitrogen and oxygen atoms in total. The smallest absolute Gasteiger partial charge is 0.307 e. The Morgan fingerprint density at radius 3 is 2.46 bits per heavy atom. The van der Waals surface area contributed by atoms with Crippen LogP contribution in [0, 0.1) is 5.82 Å². The van der Waals surface area contributed by atoms with E-state index in [2.05, 4.69) is 10.2 Å². The predicted molar refractivity (Wildman–Crippen MR) is 97.3 cm³/mol. The second-order valence-corrected chi connectivity index (χ2v) is 8.08. The summed E-state index contributed by atoms with van der Waals surface area (Å²) in [7, 11) is -3.57. The van der Waals surface area contributed by atoms with Gasteiger partial charge in [0.25, 0.3) is 5.89 Å². The van der Waals surface area contributed by atoms with E-state index < -0.39 is 27.7 Å². The molecule has 28 heavy (non-hydrogen) atoms. The van der Waals surface area contributed by atoms with Crippen LogP contribution in [-0.2, 0) is 19.4 Å². The molecule has 0 aliphatic rings. The Hall–Kier alpha value is -3.07. The molecule has 0 N–H and O–H groups in total. The Kier molecular flexibility index (Phi) is 5.84. The molecule has 0 fully saturated rings. The standard InChI is InChI=1S/C19H17FN2O5S/c1-13(18-21-22-19(27-18)14-7-9-15(20)10-8-14)26-17(23)11-12-28(24,25)16-5-3-2-4-6-16/h2-10,13H,11-12H2,1H3/t13-/m0/s1. The summed E-state index contributed by atoms with van der Waals surface area (Å²) >= 11 is 0. The van der Waals surface area contributed by atoms with Crippen LogP contribution >= 0.6 is 0 Å². The zero-order valence-corrected chi connectivity index (χ0v) is 15.7. The fourth-order valence-corrected chi connectivity index (χ4v) is 3.62. The Bertz CT molecular complexity index is 1050. The number of sulfone groups is 1. The number of hydrogen-bond acceptors (Lipinski definition) is 7. The summed E-state index contributed by atoms with van der Waals surface area (Å²) in [5.41, 5.74) is 0.521. The van der Waals surface area contributed by atoms with Crippen LogP contribution in [0.1, 0.15) is 25.3 Å². The molecular weight excluding hydrogens is 387 g/mol. The highest BCUT2D eigenvalue weighted by Gasteiger charge is 2.21. The number of halogens is 1. The molecular formula is C19H17FN2O5S. The van der Waals surface area contributed by atoms with Crippen molar-refractivity contribution in [2.24, 2.45) is 0 Å². The minimum absolute atomic E-state index is 0.0543. The molecule has 9 heteroatoms. The number of aromatic nitrogens is 2. The van der Waals surface area contributed by atoms with Crippen molar-refractivity contribution in [2.45, 2.75) is 24.3 Å². The topological polar surface area (TPSA) is 99.4 Å². The van der Waals surface area contributed by atoms with Gasteiger partial charge >= 0.3 is 5.97 Å². The minimum atomic E-state index is -3.57. The van der Waals surface area contributed by atoms with Crippen LogP contribution in [0.2, 0.25) is 0 Å². The third-order valence-electron chi connectivity index (χ3n) is 3.87. The molecule has 3 aromatic rings. The van der Waals surface area contributed by atoms with Gasteiger partial charge in [-0.05, 0) is 43.3 Å². The van der Waals surface area contributed by atoms with Crippen LogP contribution in [0.3, 0.4) is 0 Å². The molecule has 2 aromatic carbocycles. The van der Waals surface area contributed by atoms with E-state index in [1.807, 2.05) is 0 Å². The summed E-state index contributed by atoms with van der Waals surface area (Å²) in [4.78, 5) is 12.2. The summed E-state index contributed by atoms with van der Waals surface area (Å²) in [5, 5.41) is 7.66. The molecule has 0 aliphatic carbocycles. The molecule has 0 unspecified atom stereocenters. The molecule has 1 heterocycles. The lowest BCUT2D eigenvalue weighted by Crippen LogP contribution is -2.15. The normalized spacial score (nSPS) is 12.5. The van der Waals surface area contributed by atoms with Crippen LogP contribution in [0.5, 0.6) is 0 Å². The molecule has 1 atom stereocenters. The van der Waals surface area contributed by atoms with Gasteiger partial charge in [-0.3, -0.25) is 4.79 Å². The first-order valence-corrected chi connectivity index (χ1v) is 10.1. The van der Waals surface area contributed by atoms with Gasteiger partial charge in [-0.2, -0.15) is 0 Å². The summed E-state index contributed by atoms with van der Waals surface area (Å²) in [6, 6.07) is 13.4. The Labute approximate surface area is 161 Å². The molecule has 146 valence electrons. The van der Waals surface area contributed by atoms with Crippen LogP contribution < -0.4 is 0 Å². The van der Waals surface area contributed by atoms with Gasteiger partial charge in [-0.25, -0.2) is 12.8 Å². The Balaban J connectivity index is 1.58. The maximum Gasteiger partial charge on any atom is 0.307 e. The van der Waals surface area contributed by atoms with Crippen LogP contribution in [0.15, 0.2) is 63.9 Å². The van der Waals surface area contributed by atoms with E-state index in [1.165, 1.54) is 43.3 Å². The molecule has 0 aliphatic heterocycles. The van der Waals surface area contributed by atoms with Gasteiger partial charge in [0.2, 0.25) is 5.89 Å². The van der Waals surface area contributed by atoms with Gasteiger partial charge in [0.15, 0.2) is 15.9 Å². The minimum Gasteiger partial charge on any atom is -0.453 e. The van der Waals surface area contributed by atoms with E-state index >= 15 is 0 Å². The fraction of sp³-hybridized carbons (Fsp3) is 0.211. The number of nitrogens with zero attached hydrogens (tertiary/aromatic N) is 2. The second-order valence-electron chi connectivity index (χ2n) is 5.97. The van der Waals surface area contributed by atoms with Crippen LogP contribution in [0.4, 0.5) is 4.39 Å². The number of esters is 1. The molecule has 0 bridgehead atoms. The highest BCUT2D eigenvalue weighted by molar-refractivity contribution is 7.91. The van der Waals surface area contributed by atoms with Gasteiger partial charge in [0.1, 0.15) is 5.82 Å². The third kappa shape index (κ3) is 4.80. The van der Waals surface area contributed by atoms with E-state index in [0.717, 1.165) is 0 Å². The third-order valence-corrected chi connectivity index (χ3v) is 5.60. The summed E-state index contributed by atoms with van der Waals surface area (Å²) in [6.45, 7) is 1.53. The average molecular weight is 404 g/mol. The van der Waals surface area contributed by atoms with E-state index in [0.29, 0.717) is 5.56 Å². The maximum absolute atomic E-state index is 13.0. The van der Waals surface area contributed by atoms with Crippen molar-refractivity contribution in [2.75, 3.05) is 5.75 Å². The van der Waals surface area contributed by atoms with Crippen molar-refractivity contribution < 1.29 is 26.8 Å². The van der Waals surface area contributed by atoms with E-state index in [-0.39, 0.29) is 28.9 Å². The van der Waals surface area contributed by atoms with Crippen molar-refractivity contribution in [3.8, 4) is 11.5 Å². The average Bonchev–Trinajstić information content (AvgIpc) is 3.18. The monoisotopic (exact) mass is 404 g/mol. The quantitative estimate of drug-likeness (QED) is 0.557. The Morgan fingerprint density at radius 2 is 1.79 bits per heavy atom. The van der Waals surface area contributed by atoms with E-state index in [1.54, 1.807) is 18.2 Å². The SMILES string of the molecule is C[C@H](OC(=O)CCS(=O)(=O)c1ccccc1)c1nnc(-c2ccc(F)cc2)o1. The van der Waals surface area contributed by atoms with Crippen molar-refractivity contribution in [3.05, 3.63) is 66.3 Å². The summed E-state index contributed by atoms with van der Waals surface area (Å²) < 4.78 is 48.0. The molecule has 0 saturated carbocycles. The zero-order chi connectivity index (χ0) is 20.1. The lowest BCUT2D eigenvalue weighted by Gasteiger charge is -2.09. The number of ether oxygens (including phenoxy) is 1. The van der Waals surface area contributed by atoms with E-state index in [4.69, 9.17) is 9.15 Å². The van der Waals surface area contributed by atoms with Gasteiger partial charge in [-0.15, -0.1) is 10.2 Å². The van der Waals surface area contributed by atoms with Crippen LogP contribution in [0.25, 0.3) is 11.5 Å². The molecule has 1 aromatic heterocycles. The number of rotatable bonds is 7. The number of benzene rings is 2. The first-order valence-electron chi connectivity index (χ1n) is 8.42. The van der Waals surface area contributed by atoms with Gasteiger partial charge < -0.3 is 9.15 Å². The second kappa shape index (κ2) is 8.30.